The minimum Gasteiger partial charge on any atom is -0.358 e. The van der Waals surface area contributed by atoms with Crippen LogP contribution in [0.4, 0.5) is 0 Å². The van der Waals surface area contributed by atoms with Crippen LogP contribution in [0, 0.1) is 5.92 Å². The lowest BCUT2D eigenvalue weighted by atomic mass is 9.94. The highest BCUT2D eigenvalue weighted by Gasteiger charge is 2.22. The lowest BCUT2D eigenvalue weighted by Crippen LogP contribution is -2.50. The summed E-state index contributed by atoms with van der Waals surface area (Å²) in [4.78, 5) is 0. The number of rotatable bonds is 3. The molecule has 1 aliphatic rings. The molecule has 3 N–H and O–H groups in total. The Balaban J connectivity index is 2.78. The number of hydrogen-bond acceptors (Lipinski definition) is 0. The third kappa shape index (κ3) is 1.86. The first-order valence-corrected chi connectivity index (χ1v) is 5.26. The summed E-state index contributed by atoms with van der Waals surface area (Å²) in [5.41, 5.74) is 10.2. The summed E-state index contributed by atoms with van der Waals surface area (Å²) in [7, 11) is 0. The monoisotopic (exact) mass is 180 g/mol. The Morgan fingerprint density at radius 1 is 1.15 bits per heavy atom. The van der Waals surface area contributed by atoms with Gasteiger partial charge in [0.05, 0.1) is 6.54 Å². The molecular formula is C12H22N+. The largest absolute Gasteiger partial charge is 0.358 e. The molecule has 0 saturated heterocycles. The predicted octanol–water partition coefficient (Wildman–Crippen LogP) is 2.31. The topological polar surface area (TPSA) is 27.6 Å². The van der Waals surface area contributed by atoms with Crippen molar-refractivity contribution in [3.05, 3.63) is 22.3 Å². The van der Waals surface area contributed by atoms with E-state index in [4.69, 9.17) is 0 Å². The van der Waals surface area contributed by atoms with Gasteiger partial charge in [-0.3, -0.25) is 0 Å². The second kappa shape index (κ2) is 4.10. The average molecular weight is 180 g/mol. The zero-order valence-corrected chi connectivity index (χ0v) is 9.41. The van der Waals surface area contributed by atoms with Gasteiger partial charge in [-0.2, -0.15) is 0 Å². The van der Waals surface area contributed by atoms with E-state index in [9.17, 15) is 0 Å². The van der Waals surface area contributed by atoms with E-state index in [0.29, 0.717) is 5.92 Å². The summed E-state index contributed by atoms with van der Waals surface area (Å²) in [6.45, 7) is 10.2. The average Bonchev–Trinajstić information content (AvgIpc) is 2.30. The fourth-order valence-corrected chi connectivity index (χ4v) is 2.17. The predicted molar refractivity (Wildman–Crippen MR) is 57.2 cm³/mol. The molecule has 0 fully saturated rings. The smallest absolute Gasteiger partial charge is 0.0742 e. The van der Waals surface area contributed by atoms with Crippen molar-refractivity contribution in [3.8, 4) is 0 Å². The Kier molecular flexibility index (Phi) is 3.32. The van der Waals surface area contributed by atoms with E-state index in [-0.39, 0.29) is 0 Å². The van der Waals surface area contributed by atoms with Crippen molar-refractivity contribution >= 4 is 0 Å². The van der Waals surface area contributed by atoms with Gasteiger partial charge in [-0.15, -0.1) is 0 Å². The summed E-state index contributed by atoms with van der Waals surface area (Å²) in [6.07, 6.45) is 2.47. The van der Waals surface area contributed by atoms with Crippen LogP contribution in [0.1, 0.15) is 40.5 Å². The third-order valence-electron chi connectivity index (χ3n) is 3.50. The molecule has 0 aromatic rings. The van der Waals surface area contributed by atoms with Crippen molar-refractivity contribution in [2.45, 2.75) is 40.5 Å². The second-order valence-corrected chi connectivity index (χ2v) is 4.14. The van der Waals surface area contributed by atoms with E-state index in [1.807, 2.05) is 0 Å². The van der Waals surface area contributed by atoms with Gasteiger partial charge < -0.3 is 5.73 Å². The van der Waals surface area contributed by atoms with Crippen LogP contribution in [-0.4, -0.2) is 6.54 Å². The number of allylic oxidation sites excluding steroid dienone is 4. The van der Waals surface area contributed by atoms with Gasteiger partial charge in [-0.1, -0.05) is 18.1 Å². The second-order valence-electron chi connectivity index (χ2n) is 4.14. The molecule has 0 amide bonds. The molecular weight excluding hydrogens is 158 g/mol. The molecule has 74 valence electrons. The maximum absolute atomic E-state index is 3.90. The standard InChI is InChI=1S/C12H21N/c1-8-9(2)11(4)12(10(8)3)6-5-7-13/h10H,5-7,13H2,1-4H3/p+1. The van der Waals surface area contributed by atoms with E-state index in [0.717, 1.165) is 6.54 Å². The van der Waals surface area contributed by atoms with Crippen molar-refractivity contribution in [2.24, 2.45) is 5.92 Å². The molecule has 1 rings (SSSR count). The number of quaternary nitrogens is 1. The van der Waals surface area contributed by atoms with Gasteiger partial charge in [-0.25, -0.2) is 0 Å². The molecule has 0 bridgehead atoms. The highest BCUT2D eigenvalue weighted by atomic mass is 14.5. The van der Waals surface area contributed by atoms with Crippen molar-refractivity contribution in [3.63, 3.8) is 0 Å². The molecule has 13 heavy (non-hydrogen) atoms. The van der Waals surface area contributed by atoms with Crippen molar-refractivity contribution in [1.82, 2.24) is 0 Å². The van der Waals surface area contributed by atoms with E-state index < -0.39 is 0 Å². The minimum atomic E-state index is 0.687. The zero-order valence-electron chi connectivity index (χ0n) is 9.41. The van der Waals surface area contributed by atoms with Crippen LogP contribution in [0.2, 0.25) is 0 Å². The number of hydrogen-bond donors (Lipinski definition) is 1. The molecule has 1 unspecified atom stereocenters. The highest BCUT2D eigenvalue weighted by molar-refractivity contribution is 5.46. The Morgan fingerprint density at radius 2 is 1.77 bits per heavy atom. The molecule has 0 aliphatic heterocycles. The first-order chi connectivity index (χ1) is 6.09. The van der Waals surface area contributed by atoms with Gasteiger partial charge in [0.15, 0.2) is 0 Å². The van der Waals surface area contributed by atoms with Crippen LogP contribution in [0.25, 0.3) is 0 Å². The van der Waals surface area contributed by atoms with Crippen LogP contribution in [0.3, 0.4) is 0 Å². The Hall–Kier alpha value is -0.560. The molecule has 0 saturated carbocycles. The van der Waals surface area contributed by atoms with Crippen molar-refractivity contribution < 1.29 is 5.73 Å². The molecule has 0 aromatic carbocycles. The molecule has 1 heteroatoms. The Morgan fingerprint density at radius 3 is 2.15 bits per heavy atom. The quantitative estimate of drug-likeness (QED) is 0.690. The maximum atomic E-state index is 3.90. The van der Waals surface area contributed by atoms with Crippen LogP contribution in [-0.2, 0) is 0 Å². The molecule has 0 radical (unpaired) electrons. The Bertz CT molecular complexity index is 258. The van der Waals surface area contributed by atoms with Gasteiger partial charge in [-0.05, 0) is 44.3 Å². The molecule has 1 atom stereocenters. The molecule has 0 heterocycles. The summed E-state index contributed by atoms with van der Waals surface area (Å²) in [5.74, 6) is 0.687. The molecule has 0 aromatic heterocycles. The third-order valence-corrected chi connectivity index (χ3v) is 3.50. The fraction of sp³-hybridized carbons (Fsp3) is 0.667. The van der Waals surface area contributed by atoms with E-state index in [1.165, 1.54) is 18.4 Å². The maximum Gasteiger partial charge on any atom is 0.0742 e. The minimum absolute atomic E-state index is 0.687. The van der Waals surface area contributed by atoms with E-state index >= 15 is 0 Å². The zero-order chi connectivity index (χ0) is 10.0. The summed E-state index contributed by atoms with van der Waals surface area (Å²) >= 11 is 0. The van der Waals surface area contributed by atoms with Gasteiger partial charge in [0.25, 0.3) is 0 Å². The van der Waals surface area contributed by atoms with Gasteiger partial charge in [0, 0.05) is 6.42 Å². The van der Waals surface area contributed by atoms with Crippen LogP contribution >= 0.6 is 0 Å². The molecule has 1 aliphatic carbocycles. The van der Waals surface area contributed by atoms with E-state index in [1.54, 1.807) is 16.7 Å². The van der Waals surface area contributed by atoms with Gasteiger partial charge >= 0.3 is 0 Å². The van der Waals surface area contributed by atoms with Crippen molar-refractivity contribution in [1.29, 1.82) is 0 Å². The van der Waals surface area contributed by atoms with E-state index in [2.05, 4.69) is 33.4 Å². The normalized spacial score (nSPS) is 23.3. The summed E-state index contributed by atoms with van der Waals surface area (Å²) in [5, 5.41) is 0. The fourth-order valence-electron chi connectivity index (χ4n) is 2.17. The van der Waals surface area contributed by atoms with Crippen LogP contribution in [0.15, 0.2) is 22.3 Å². The molecule has 1 nitrogen and oxygen atoms in total. The lowest BCUT2D eigenvalue weighted by Gasteiger charge is -2.11. The SMILES string of the molecule is CC1=C(C)C(C)C(CCC[NH3+])=C1C. The van der Waals surface area contributed by atoms with Crippen LogP contribution < -0.4 is 5.73 Å². The van der Waals surface area contributed by atoms with Crippen LogP contribution in [0.5, 0.6) is 0 Å². The lowest BCUT2D eigenvalue weighted by molar-refractivity contribution is -0.368. The first kappa shape index (κ1) is 10.5. The first-order valence-electron chi connectivity index (χ1n) is 5.26. The Labute approximate surface area is 81.7 Å². The van der Waals surface area contributed by atoms with Gasteiger partial charge in [0.1, 0.15) is 0 Å². The summed E-state index contributed by atoms with van der Waals surface area (Å²) < 4.78 is 0. The highest BCUT2D eigenvalue weighted by Crippen LogP contribution is 2.38. The molecule has 0 spiro atoms. The summed E-state index contributed by atoms with van der Waals surface area (Å²) in [6, 6.07) is 0. The van der Waals surface area contributed by atoms with Gasteiger partial charge in [0.2, 0.25) is 0 Å². The van der Waals surface area contributed by atoms with Crippen molar-refractivity contribution in [2.75, 3.05) is 6.54 Å².